The number of nitrogens with zero attached hydrogens (tertiary/aromatic N) is 3. The summed E-state index contributed by atoms with van der Waals surface area (Å²) in [5.74, 6) is 1.32. The van der Waals surface area contributed by atoms with Crippen molar-refractivity contribution in [3.63, 3.8) is 0 Å². The largest absolute Gasteiger partial charge is 0.372 e. The Hall–Kier alpha value is -3.08. The Labute approximate surface area is 155 Å². The molecule has 0 atom stereocenters. The minimum absolute atomic E-state index is 0.567. The van der Waals surface area contributed by atoms with Crippen LogP contribution in [0.1, 0.15) is 19.4 Å². The van der Waals surface area contributed by atoms with E-state index in [9.17, 15) is 0 Å². The molecule has 0 fully saturated rings. The molecule has 1 heterocycles. The summed E-state index contributed by atoms with van der Waals surface area (Å²) in [6.45, 7) is 8.40. The van der Waals surface area contributed by atoms with E-state index in [0.717, 1.165) is 30.3 Å². The van der Waals surface area contributed by atoms with E-state index in [1.165, 1.54) is 11.3 Å². The first-order valence-electron chi connectivity index (χ1n) is 8.96. The minimum atomic E-state index is 0.567. The molecular weight excluding hydrogens is 322 g/mol. The second-order valence-corrected chi connectivity index (χ2v) is 6.10. The standard InChI is InChI=1S/C21H25N5/c1-4-26(5-2)19-12-10-18(11-13-19)24-21-22-15-14-20(25-21)23-17-8-6-16(3)7-9-17/h6-15H,4-5H2,1-3H3,(H2,22,23,24,25). The summed E-state index contributed by atoms with van der Waals surface area (Å²) >= 11 is 0. The molecule has 5 nitrogen and oxygen atoms in total. The molecule has 0 saturated carbocycles. The third-order valence-corrected chi connectivity index (χ3v) is 4.23. The predicted octanol–water partition coefficient (Wildman–Crippen LogP) is 5.12. The lowest BCUT2D eigenvalue weighted by Crippen LogP contribution is -2.21. The second kappa shape index (κ2) is 8.34. The van der Waals surface area contributed by atoms with Crippen LogP contribution in [0.4, 0.5) is 28.8 Å². The van der Waals surface area contributed by atoms with Gasteiger partial charge >= 0.3 is 0 Å². The Morgan fingerprint density at radius 2 is 1.42 bits per heavy atom. The molecule has 1 aromatic heterocycles. The maximum absolute atomic E-state index is 4.53. The van der Waals surface area contributed by atoms with Gasteiger partial charge in [0.25, 0.3) is 0 Å². The molecular formula is C21H25N5. The Morgan fingerprint density at radius 1 is 0.808 bits per heavy atom. The molecule has 0 bridgehead atoms. The fourth-order valence-electron chi connectivity index (χ4n) is 2.75. The van der Waals surface area contributed by atoms with Gasteiger partial charge < -0.3 is 15.5 Å². The van der Waals surface area contributed by atoms with Crippen molar-refractivity contribution in [2.24, 2.45) is 0 Å². The predicted molar refractivity (Wildman–Crippen MR) is 110 cm³/mol. The molecule has 3 aromatic rings. The molecule has 0 unspecified atom stereocenters. The fourth-order valence-corrected chi connectivity index (χ4v) is 2.75. The molecule has 5 heteroatoms. The summed E-state index contributed by atoms with van der Waals surface area (Å²) in [5.41, 5.74) is 4.42. The molecule has 0 aliphatic heterocycles. The van der Waals surface area contributed by atoms with E-state index in [0.29, 0.717) is 5.95 Å². The number of anilines is 5. The van der Waals surface area contributed by atoms with Gasteiger partial charge in [-0.2, -0.15) is 4.98 Å². The first kappa shape index (κ1) is 17.7. The quantitative estimate of drug-likeness (QED) is 0.621. The summed E-state index contributed by atoms with van der Waals surface area (Å²) in [5, 5.41) is 6.56. The van der Waals surface area contributed by atoms with Crippen molar-refractivity contribution in [2.75, 3.05) is 28.6 Å². The number of hydrogen-bond acceptors (Lipinski definition) is 5. The van der Waals surface area contributed by atoms with Gasteiger partial charge in [-0.15, -0.1) is 0 Å². The Balaban J connectivity index is 1.69. The molecule has 0 aliphatic carbocycles. The van der Waals surface area contributed by atoms with Crippen molar-refractivity contribution in [3.8, 4) is 0 Å². The SMILES string of the molecule is CCN(CC)c1ccc(Nc2nccc(Nc3ccc(C)cc3)n2)cc1. The van der Waals surface area contributed by atoms with Gasteiger partial charge in [-0.3, -0.25) is 0 Å². The summed E-state index contributed by atoms with van der Waals surface area (Å²) in [7, 11) is 0. The monoisotopic (exact) mass is 347 g/mol. The topological polar surface area (TPSA) is 53.1 Å². The van der Waals surface area contributed by atoms with Crippen LogP contribution >= 0.6 is 0 Å². The zero-order valence-corrected chi connectivity index (χ0v) is 15.5. The Morgan fingerprint density at radius 3 is 2.08 bits per heavy atom. The third kappa shape index (κ3) is 4.51. The Kier molecular flexibility index (Phi) is 5.69. The number of benzene rings is 2. The van der Waals surface area contributed by atoms with Gasteiger partial charge in [0.2, 0.25) is 5.95 Å². The van der Waals surface area contributed by atoms with E-state index in [1.807, 2.05) is 18.2 Å². The first-order valence-corrected chi connectivity index (χ1v) is 8.96. The minimum Gasteiger partial charge on any atom is -0.372 e. The molecule has 0 spiro atoms. The van der Waals surface area contributed by atoms with Crippen molar-refractivity contribution < 1.29 is 0 Å². The number of aryl methyl sites for hydroxylation is 1. The number of hydrogen-bond donors (Lipinski definition) is 2. The van der Waals surface area contributed by atoms with Crippen molar-refractivity contribution in [1.29, 1.82) is 0 Å². The van der Waals surface area contributed by atoms with Gasteiger partial charge in [-0.05, 0) is 63.2 Å². The number of rotatable bonds is 7. The summed E-state index contributed by atoms with van der Waals surface area (Å²) < 4.78 is 0. The maximum Gasteiger partial charge on any atom is 0.229 e. The van der Waals surface area contributed by atoms with Crippen LogP contribution in [0.2, 0.25) is 0 Å². The highest BCUT2D eigenvalue weighted by atomic mass is 15.1. The van der Waals surface area contributed by atoms with Crippen LogP contribution in [0.15, 0.2) is 60.8 Å². The molecule has 3 rings (SSSR count). The van der Waals surface area contributed by atoms with E-state index in [2.05, 4.69) is 82.7 Å². The van der Waals surface area contributed by atoms with E-state index in [-0.39, 0.29) is 0 Å². The number of nitrogens with one attached hydrogen (secondary N) is 2. The molecule has 2 N–H and O–H groups in total. The van der Waals surface area contributed by atoms with Crippen LogP contribution in [-0.4, -0.2) is 23.1 Å². The Bertz CT molecular complexity index is 824. The lowest BCUT2D eigenvalue weighted by atomic mass is 10.2. The second-order valence-electron chi connectivity index (χ2n) is 6.10. The highest BCUT2D eigenvalue weighted by molar-refractivity contribution is 5.61. The van der Waals surface area contributed by atoms with Gasteiger partial charge in [0.1, 0.15) is 5.82 Å². The summed E-state index contributed by atoms with van der Waals surface area (Å²) in [6, 6.07) is 18.4. The van der Waals surface area contributed by atoms with Gasteiger partial charge in [0, 0.05) is 36.3 Å². The van der Waals surface area contributed by atoms with Gasteiger partial charge in [-0.25, -0.2) is 4.98 Å². The molecule has 134 valence electrons. The van der Waals surface area contributed by atoms with E-state index < -0.39 is 0 Å². The lowest BCUT2D eigenvalue weighted by Gasteiger charge is -2.21. The average Bonchev–Trinajstić information content (AvgIpc) is 2.66. The molecule has 0 saturated heterocycles. The average molecular weight is 347 g/mol. The van der Waals surface area contributed by atoms with Gasteiger partial charge in [-0.1, -0.05) is 17.7 Å². The highest BCUT2D eigenvalue weighted by Gasteiger charge is 2.04. The molecule has 0 radical (unpaired) electrons. The third-order valence-electron chi connectivity index (χ3n) is 4.23. The molecule has 0 amide bonds. The van der Waals surface area contributed by atoms with E-state index in [1.54, 1.807) is 6.20 Å². The fraction of sp³-hybridized carbons (Fsp3) is 0.238. The molecule has 0 aliphatic rings. The lowest BCUT2D eigenvalue weighted by molar-refractivity contribution is 0.866. The summed E-state index contributed by atoms with van der Waals surface area (Å²) in [6.07, 6.45) is 1.75. The van der Waals surface area contributed by atoms with Crippen LogP contribution in [0.3, 0.4) is 0 Å². The van der Waals surface area contributed by atoms with E-state index >= 15 is 0 Å². The first-order chi connectivity index (χ1) is 12.7. The van der Waals surface area contributed by atoms with Crippen LogP contribution < -0.4 is 15.5 Å². The summed E-state index contributed by atoms with van der Waals surface area (Å²) in [4.78, 5) is 11.2. The van der Waals surface area contributed by atoms with Gasteiger partial charge in [0.15, 0.2) is 0 Å². The molecule has 26 heavy (non-hydrogen) atoms. The van der Waals surface area contributed by atoms with E-state index in [4.69, 9.17) is 0 Å². The zero-order chi connectivity index (χ0) is 18.4. The van der Waals surface area contributed by atoms with Crippen molar-refractivity contribution >= 4 is 28.8 Å². The van der Waals surface area contributed by atoms with Crippen molar-refractivity contribution in [2.45, 2.75) is 20.8 Å². The number of aromatic nitrogens is 2. The molecule has 2 aromatic carbocycles. The van der Waals surface area contributed by atoms with Crippen molar-refractivity contribution in [3.05, 3.63) is 66.4 Å². The van der Waals surface area contributed by atoms with Crippen LogP contribution in [0.25, 0.3) is 0 Å². The van der Waals surface area contributed by atoms with Crippen LogP contribution in [0.5, 0.6) is 0 Å². The van der Waals surface area contributed by atoms with Crippen LogP contribution in [0, 0.1) is 6.92 Å². The maximum atomic E-state index is 4.53. The smallest absolute Gasteiger partial charge is 0.229 e. The van der Waals surface area contributed by atoms with Gasteiger partial charge in [0.05, 0.1) is 0 Å². The highest BCUT2D eigenvalue weighted by Crippen LogP contribution is 2.21. The van der Waals surface area contributed by atoms with Crippen molar-refractivity contribution in [1.82, 2.24) is 9.97 Å². The van der Waals surface area contributed by atoms with Crippen LogP contribution in [-0.2, 0) is 0 Å². The normalized spacial score (nSPS) is 10.4. The zero-order valence-electron chi connectivity index (χ0n) is 15.5.